The highest BCUT2D eigenvalue weighted by atomic mass is 19.4. The van der Waals surface area contributed by atoms with E-state index in [4.69, 9.17) is 9.47 Å². The standard InChI is InChI=1S/C18H24F3NO3/c19-18(20,21)15-3-1-2-14(12-15)17(23)5-8-22(9-6-17)7-4-16-13-24-10-11-25-16/h1-3,12,16,23H,4-11,13H2. The van der Waals surface area contributed by atoms with Crippen LogP contribution < -0.4 is 0 Å². The highest BCUT2D eigenvalue weighted by Gasteiger charge is 2.37. The molecule has 0 aromatic heterocycles. The lowest BCUT2D eigenvalue weighted by Gasteiger charge is -2.39. The van der Waals surface area contributed by atoms with Crippen LogP contribution in [-0.4, -0.2) is 55.6 Å². The van der Waals surface area contributed by atoms with E-state index in [9.17, 15) is 18.3 Å². The zero-order valence-corrected chi connectivity index (χ0v) is 14.1. The Hall–Kier alpha value is -1.15. The fraction of sp³-hybridized carbons (Fsp3) is 0.667. The number of likely N-dealkylation sites (tertiary alicyclic amines) is 1. The molecule has 2 aliphatic rings. The van der Waals surface area contributed by atoms with Crippen LogP contribution in [0.4, 0.5) is 13.2 Å². The highest BCUT2D eigenvalue weighted by Crippen LogP contribution is 2.36. The molecule has 0 saturated carbocycles. The molecule has 0 spiro atoms. The number of hydrogen-bond acceptors (Lipinski definition) is 4. The number of hydrogen-bond donors (Lipinski definition) is 1. The third kappa shape index (κ3) is 4.73. The predicted molar refractivity (Wildman–Crippen MR) is 86.2 cm³/mol. The summed E-state index contributed by atoms with van der Waals surface area (Å²) in [5.74, 6) is 0. The van der Waals surface area contributed by atoms with E-state index in [1.54, 1.807) is 6.07 Å². The first-order chi connectivity index (χ1) is 11.9. The number of nitrogens with zero attached hydrogens (tertiary/aromatic N) is 1. The van der Waals surface area contributed by atoms with Gasteiger partial charge in [0.15, 0.2) is 0 Å². The fourth-order valence-corrected chi connectivity index (χ4v) is 3.45. The van der Waals surface area contributed by atoms with Gasteiger partial charge in [0.05, 0.1) is 37.1 Å². The Morgan fingerprint density at radius 2 is 1.96 bits per heavy atom. The maximum atomic E-state index is 12.9. The summed E-state index contributed by atoms with van der Waals surface area (Å²) in [5.41, 5.74) is -1.55. The molecule has 1 unspecified atom stereocenters. The zero-order valence-electron chi connectivity index (χ0n) is 14.1. The molecule has 3 rings (SSSR count). The summed E-state index contributed by atoms with van der Waals surface area (Å²) in [4.78, 5) is 2.22. The average molecular weight is 359 g/mol. The molecule has 1 atom stereocenters. The summed E-state index contributed by atoms with van der Waals surface area (Å²) in [5, 5.41) is 10.8. The van der Waals surface area contributed by atoms with Gasteiger partial charge in [-0.15, -0.1) is 0 Å². The molecular formula is C18H24F3NO3. The minimum atomic E-state index is -4.39. The lowest BCUT2D eigenvalue weighted by molar-refractivity contribution is -0.137. The molecule has 7 heteroatoms. The molecule has 0 bridgehead atoms. The third-order valence-electron chi connectivity index (χ3n) is 5.06. The first-order valence-corrected chi connectivity index (χ1v) is 8.69. The Morgan fingerprint density at radius 3 is 2.60 bits per heavy atom. The first kappa shape index (κ1) is 18.6. The quantitative estimate of drug-likeness (QED) is 0.898. The predicted octanol–water partition coefficient (Wildman–Crippen LogP) is 2.79. The van der Waals surface area contributed by atoms with Crippen molar-refractivity contribution < 1.29 is 27.8 Å². The van der Waals surface area contributed by atoms with Crippen molar-refractivity contribution in [3.8, 4) is 0 Å². The Kier molecular flexibility index (Phi) is 5.68. The van der Waals surface area contributed by atoms with Crippen molar-refractivity contribution in [3.05, 3.63) is 35.4 Å². The normalized spacial score (nSPS) is 25.0. The van der Waals surface area contributed by atoms with Gasteiger partial charge >= 0.3 is 6.18 Å². The van der Waals surface area contributed by atoms with E-state index in [2.05, 4.69) is 4.90 Å². The molecular weight excluding hydrogens is 335 g/mol. The van der Waals surface area contributed by atoms with Crippen LogP contribution in [0.5, 0.6) is 0 Å². The van der Waals surface area contributed by atoms with Gasteiger partial charge in [0.25, 0.3) is 0 Å². The number of halogens is 3. The summed E-state index contributed by atoms with van der Waals surface area (Å²) in [6.45, 7) is 4.03. The van der Waals surface area contributed by atoms with E-state index in [1.165, 1.54) is 6.07 Å². The molecule has 1 aromatic rings. The third-order valence-corrected chi connectivity index (χ3v) is 5.06. The number of benzene rings is 1. The smallest absolute Gasteiger partial charge is 0.385 e. The molecule has 2 heterocycles. The van der Waals surface area contributed by atoms with Crippen molar-refractivity contribution in [2.45, 2.75) is 37.1 Å². The summed E-state index contributed by atoms with van der Waals surface area (Å²) in [6.07, 6.45) is -2.57. The number of rotatable bonds is 4. The van der Waals surface area contributed by atoms with Gasteiger partial charge < -0.3 is 19.5 Å². The topological polar surface area (TPSA) is 41.9 Å². The number of ether oxygens (including phenoxy) is 2. The Morgan fingerprint density at radius 1 is 1.20 bits per heavy atom. The van der Waals surface area contributed by atoms with E-state index >= 15 is 0 Å². The van der Waals surface area contributed by atoms with Gasteiger partial charge in [-0.2, -0.15) is 13.2 Å². The highest BCUT2D eigenvalue weighted by molar-refractivity contribution is 5.30. The van der Waals surface area contributed by atoms with E-state index in [-0.39, 0.29) is 6.10 Å². The summed E-state index contributed by atoms with van der Waals surface area (Å²) in [6, 6.07) is 5.05. The average Bonchev–Trinajstić information content (AvgIpc) is 2.62. The SMILES string of the molecule is OC1(c2cccc(C(F)(F)F)c2)CCN(CCC2COCCO2)CC1. The van der Waals surface area contributed by atoms with Crippen LogP contribution in [0.1, 0.15) is 30.4 Å². The molecule has 2 saturated heterocycles. The monoisotopic (exact) mass is 359 g/mol. The van der Waals surface area contributed by atoms with Gasteiger partial charge in [-0.1, -0.05) is 12.1 Å². The lowest BCUT2D eigenvalue weighted by atomic mass is 9.83. The van der Waals surface area contributed by atoms with Crippen LogP contribution in [0.25, 0.3) is 0 Å². The largest absolute Gasteiger partial charge is 0.416 e. The minimum absolute atomic E-state index is 0.109. The molecule has 4 nitrogen and oxygen atoms in total. The Labute approximate surface area is 145 Å². The second kappa shape index (κ2) is 7.61. The van der Waals surface area contributed by atoms with Crippen molar-refractivity contribution in [1.82, 2.24) is 4.90 Å². The van der Waals surface area contributed by atoms with Crippen LogP contribution in [0.2, 0.25) is 0 Å². The van der Waals surface area contributed by atoms with Gasteiger partial charge in [0, 0.05) is 19.6 Å². The molecule has 1 aromatic carbocycles. The van der Waals surface area contributed by atoms with Gasteiger partial charge in [0.1, 0.15) is 0 Å². The molecule has 2 fully saturated rings. The molecule has 0 aliphatic carbocycles. The first-order valence-electron chi connectivity index (χ1n) is 8.69. The van der Waals surface area contributed by atoms with E-state index in [0.29, 0.717) is 51.3 Å². The number of piperidine rings is 1. The molecule has 1 N–H and O–H groups in total. The van der Waals surface area contributed by atoms with Crippen LogP contribution >= 0.6 is 0 Å². The molecule has 2 aliphatic heterocycles. The molecule has 140 valence electrons. The van der Waals surface area contributed by atoms with Crippen LogP contribution in [0.3, 0.4) is 0 Å². The zero-order chi connectivity index (χ0) is 17.9. The fourth-order valence-electron chi connectivity index (χ4n) is 3.45. The molecule has 25 heavy (non-hydrogen) atoms. The molecule has 0 radical (unpaired) electrons. The summed E-state index contributed by atoms with van der Waals surface area (Å²) in [7, 11) is 0. The maximum absolute atomic E-state index is 12.9. The van der Waals surface area contributed by atoms with Crippen LogP contribution in [0.15, 0.2) is 24.3 Å². The van der Waals surface area contributed by atoms with E-state index in [1.807, 2.05) is 0 Å². The summed E-state index contributed by atoms with van der Waals surface area (Å²) < 4.78 is 49.7. The van der Waals surface area contributed by atoms with Gasteiger partial charge in [-0.3, -0.25) is 0 Å². The lowest BCUT2D eigenvalue weighted by Crippen LogP contribution is -2.44. The maximum Gasteiger partial charge on any atom is 0.416 e. The van der Waals surface area contributed by atoms with Crippen molar-refractivity contribution in [1.29, 1.82) is 0 Å². The van der Waals surface area contributed by atoms with Gasteiger partial charge in [-0.05, 0) is 37.0 Å². The van der Waals surface area contributed by atoms with Crippen LogP contribution in [0, 0.1) is 0 Å². The Balaban J connectivity index is 1.55. The van der Waals surface area contributed by atoms with E-state index in [0.717, 1.165) is 25.1 Å². The van der Waals surface area contributed by atoms with Crippen molar-refractivity contribution >= 4 is 0 Å². The van der Waals surface area contributed by atoms with Gasteiger partial charge in [0.2, 0.25) is 0 Å². The second-order valence-corrected chi connectivity index (χ2v) is 6.81. The van der Waals surface area contributed by atoms with Crippen molar-refractivity contribution in [2.75, 3.05) is 39.5 Å². The van der Waals surface area contributed by atoms with E-state index < -0.39 is 17.3 Å². The minimum Gasteiger partial charge on any atom is -0.385 e. The van der Waals surface area contributed by atoms with Crippen molar-refractivity contribution in [3.63, 3.8) is 0 Å². The second-order valence-electron chi connectivity index (χ2n) is 6.81. The van der Waals surface area contributed by atoms with Crippen molar-refractivity contribution in [2.24, 2.45) is 0 Å². The number of aliphatic hydroxyl groups is 1. The van der Waals surface area contributed by atoms with Gasteiger partial charge in [-0.25, -0.2) is 0 Å². The Bertz CT molecular complexity index is 565. The molecule has 0 amide bonds. The summed E-state index contributed by atoms with van der Waals surface area (Å²) >= 11 is 0. The number of alkyl halides is 3. The van der Waals surface area contributed by atoms with Crippen LogP contribution in [-0.2, 0) is 21.3 Å².